The summed E-state index contributed by atoms with van der Waals surface area (Å²) in [5.74, 6) is -0.650. The molecule has 1 heterocycles. The SMILES string of the molecule is CC(Sc1ccccc1)C(=O)OCC(=O)N(C)c1ccccc1C(=O)NCc1ccco1. The maximum atomic E-state index is 12.6. The van der Waals surface area contributed by atoms with E-state index >= 15 is 0 Å². The molecule has 0 fully saturated rings. The van der Waals surface area contributed by atoms with Crippen LogP contribution in [0.25, 0.3) is 0 Å². The average Bonchev–Trinajstić information content (AvgIpc) is 3.34. The van der Waals surface area contributed by atoms with Gasteiger partial charge in [0.25, 0.3) is 11.8 Å². The molecular formula is C24H24N2O5S. The third-order valence-electron chi connectivity index (χ3n) is 4.61. The van der Waals surface area contributed by atoms with Crippen molar-refractivity contribution in [3.05, 3.63) is 84.3 Å². The van der Waals surface area contributed by atoms with E-state index in [2.05, 4.69) is 5.32 Å². The van der Waals surface area contributed by atoms with Gasteiger partial charge in [0.15, 0.2) is 6.61 Å². The molecule has 1 atom stereocenters. The Kier molecular flexibility index (Phi) is 8.10. The van der Waals surface area contributed by atoms with E-state index in [1.165, 1.54) is 30.0 Å². The van der Waals surface area contributed by atoms with Gasteiger partial charge in [-0.25, -0.2) is 0 Å². The Morgan fingerprint density at radius 2 is 1.75 bits per heavy atom. The van der Waals surface area contributed by atoms with Crippen LogP contribution >= 0.6 is 11.8 Å². The van der Waals surface area contributed by atoms with Gasteiger partial charge >= 0.3 is 5.97 Å². The molecule has 0 aliphatic carbocycles. The second kappa shape index (κ2) is 11.2. The van der Waals surface area contributed by atoms with Gasteiger partial charge in [-0.3, -0.25) is 14.4 Å². The Balaban J connectivity index is 1.57. The van der Waals surface area contributed by atoms with Crippen LogP contribution in [0.3, 0.4) is 0 Å². The molecule has 0 saturated heterocycles. The largest absolute Gasteiger partial charge is 0.467 e. The van der Waals surface area contributed by atoms with Gasteiger partial charge in [0.1, 0.15) is 11.0 Å². The van der Waals surface area contributed by atoms with Crippen molar-refractivity contribution in [2.45, 2.75) is 23.6 Å². The Bertz CT molecular complexity index is 1050. The lowest BCUT2D eigenvalue weighted by Gasteiger charge is -2.20. The molecule has 0 saturated carbocycles. The van der Waals surface area contributed by atoms with Gasteiger partial charge in [-0.15, -0.1) is 11.8 Å². The Hall–Kier alpha value is -3.52. The summed E-state index contributed by atoms with van der Waals surface area (Å²) >= 11 is 1.36. The predicted octanol–water partition coefficient (Wildman–Crippen LogP) is 3.90. The number of nitrogens with zero attached hydrogens (tertiary/aromatic N) is 1. The maximum absolute atomic E-state index is 12.6. The van der Waals surface area contributed by atoms with Crippen molar-refractivity contribution in [2.75, 3.05) is 18.6 Å². The zero-order chi connectivity index (χ0) is 22.9. The predicted molar refractivity (Wildman–Crippen MR) is 122 cm³/mol. The highest BCUT2D eigenvalue weighted by Crippen LogP contribution is 2.24. The van der Waals surface area contributed by atoms with E-state index in [4.69, 9.17) is 9.15 Å². The Morgan fingerprint density at radius 1 is 1.03 bits per heavy atom. The number of likely N-dealkylation sites (N-methyl/N-ethyl adjacent to an activating group) is 1. The van der Waals surface area contributed by atoms with Gasteiger partial charge in [-0.1, -0.05) is 30.3 Å². The van der Waals surface area contributed by atoms with E-state index in [1.54, 1.807) is 43.3 Å². The summed E-state index contributed by atoms with van der Waals surface area (Å²) in [6.07, 6.45) is 1.53. The molecule has 0 aliphatic rings. The minimum Gasteiger partial charge on any atom is -0.467 e. The minimum atomic E-state index is -0.481. The molecule has 0 spiro atoms. The van der Waals surface area contributed by atoms with E-state index in [0.29, 0.717) is 17.0 Å². The first kappa shape index (κ1) is 23.1. The highest BCUT2D eigenvalue weighted by atomic mass is 32.2. The van der Waals surface area contributed by atoms with Crippen molar-refractivity contribution in [3.8, 4) is 0 Å². The van der Waals surface area contributed by atoms with Gasteiger partial charge in [0, 0.05) is 11.9 Å². The second-order valence-electron chi connectivity index (χ2n) is 6.91. The molecule has 32 heavy (non-hydrogen) atoms. The molecule has 0 radical (unpaired) electrons. The number of thioether (sulfide) groups is 1. The lowest BCUT2D eigenvalue weighted by atomic mass is 10.1. The molecule has 3 rings (SSSR count). The lowest BCUT2D eigenvalue weighted by Crippen LogP contribution is -2.34. The number of rotatable bonds is 9. The number of nitrogens with one attached hydrogen (secondary N) is 1. The van der Waals surface area contributed by atoms with Crippen LogP contribution in [0.5, 0.6) is 0 Å². The summed E-state index contributed by atoms with van der Waals surface area (Å²) in [6, 6.07) is 19.7. The van der Waals surface area contributed by atoms with Crippen molar-refractivity contribution in [1.82, 2.24) is 5.32 Å². The Morgan fingerprint density at radius 3 is 2.47 bits per heavy atom. The van der Waals surface area contributed by atoms with Crippen LogP contribution < -0.4 is 10.2 Å². The normalized spacial score (nSPS) is 11.4. The van der Waals surface area contributed by atoms with Gasteiger partial charge < -0.3 is 19.4 Å². The highest BCUT2D eigenvalue weighted by Gasteiger charge is 2.22. The van der Waals surface area contributed by atoms with Crippen LogP contribution in [0.2, 0.25) is 0 Å². The van der Waals surface area contributed by atoms with Crippen LogP contribution in [0.1, 0.15) is 23.0 Å². The number of anilines is 1. The molecule has 1 N–H and O–H groups in total. The van der Waals surface area contributed by atoms with Crippen molar-refractivity contribution in [2.24, 2.45) is 0 Å². The van der Waals surface area contributed by atoms with E-state index in [9.17, 15) is 14.4 Å². The molecular weight excluding hydrogens is 428 g/mol. The highest BCUT2D eigenvalue weighted by molar-refractivity contribution is 8.00. The minimum absolute atomic E-state index is 0.229. The number of para-hydroxylation sites is 1. The van der Waals surface area contributed by atoms with Gasteiger partial charge in [-0.2, -0.15) is 0 Å². The fourth-order valence-corrected chi connectivity index (χ4v) is 3.75. The van der Waals surface area contributed by atoms with Crippen LogP contribution in [-0.2, 0) is 20.9 Å². The zero-order valence-corrected chi connectivity index (χ0v) is 18.6. The first-order chi connectivity index (χ1) is 15.5. The molecule has 166 valence electrons. The molecule has 0 bridgehead atoms. The first-order valence-corrected chi connectivity index (χ1v) is 10.9. The number of benzene rings is 2. The van der Waals surface area contributed by atoms with Crippen molar-refractivity contribution < 1.29 is 23.5 Å². The van der Waals surface area contributed by atoms with E-state index in [0.717, 1.165) is 4.90 Å². The van der Waals surface area contributed by atoms with E-state index in [1.807, 2.05) is 30.3 Å². The smallest absolute Gasteiger partial charge is 0.319 e. The van der Waals surface area contributed by atoms with Crippen molar-refractivity contribution in [1.29, 1.82) is 0 Å². The molecule has 2 aromatic carbocycles. The van der Waals surface area contributed by atoms with Crippen LogP contribution in [0.15, 0.2) is 82.3 Å². The number of hydrogen-bond acceptors (Lipinski definition) is 6. The summed E-state index contributed by atoms with van der Waals surface area (Å²) in [5, 5.41) is 2.30. The summed E-state index contributed by atoms with van der Waals surface area (Å²) < 4.78 is 10.4. The van der Waals surface area contributed by atoms with Crippen LogP contribution in [0, 0.1) is 0 Å². The number of ether oxygens (including phenoxy) is 1. The lowest BCUT2D eigenvalue weighted by molar-refractivity contribution is -0.146. The summed E-state index contributed by atoms with van der Waals surface area (Å²) in [5.41, 5.74) is 0.742. The molecule has 8 heteroatoms. The van der Waals surface area contributed by atoms with Crippen LogP contribution in [0.4, 0.5) is 5.69 Å². The molecule has 3 aromatic rings. The number of carbonyl (C=O) groups excluding carboxylic acids is 3. The Labute approximate surface area is 190 Å². The first-order valence-electron chi connectivity index (χ1n) is 10.00. The van der Waals surface area contributed by atoms with E-state index in [-0.39, 0.29) is 12.5 Å². The number of furan rings is 1. The van der Waals surface area contributed by atoms with Gasteiger partial charge in [0.05, 0.1) is 24.1 Å². The number of carbonyl (C=O) groups is 3. The van der Waals surface area contributed by atoms with Gasteiger partial charge in [0.2, 0.25) is 0 Å². The monoisotopic (exact) mass is 452 g/mol. The number of hydrogen-bond donors (Lipinski definition) is 1. The zero-order valence-electron chi connectivity index (χ0n) is 17.8. The maximum Gasteiger partial charge on any atom is 0.319 e. The molecule has 1 aromatic heterocycles. The fourth-order valence-electron chi connectivity index (χ4n) is 2.87. The third-order valence-corrected chi connectivity index (χ3v) is 5.70. The molecule has 7 nitrogen and oxygen atoms in total. The topological polar surface area (TPSA) is 88.9 Å². The van der Waals surface area contributed by atoms with E-state index < -0.39 is 23.7 Å². The number of esters is 1. The third kappa shape index (κ3) is 6.24. The summed E-state index contributed by atoms with van der Waals surface area (Å²) in [6.45, 7) is 1.54. The summed E-state index contributed by atoms with van der Waals surface area (Å²) in [4.78, 5) is 39.8. The summed E-state index contributed by atoms with van der Waals surface area (Å²) in [7, 11) is 1.54. The van der Waals surface area contributed by atoms with Crippen molar-refractivity contribution in [3.63, 3.8) is 0 Å². The average molecular weight is 453 g/mol. The van der Waals surface area contributed by atoms with Crippen molar-refractivity contribution >= 4 is 35.2 Å². The second-order valence-corrected chi connectivity index (χ2v) is 8.33. The fraction of sp³-hybridized carbons (Fsp3) is 0.208. The molecule has 1 unspecified atom stereocenters. The number of amides is 2. The quantitative estimate of drug-likeness (QED) is 0.391. The standard InChI is InChI=1S/C24H24N2O5S/c1-17(32-19-10-4-3-5-11-19)24(29)31-16-22(27)26(2)21-13-7-6-12-20(21)23(28)25-15-18-9-8-14-30-18/h3-14,17H,15-16H2,1-2H3,(H,25,28). The molecule has 0 aliphatic heterocycles. The van der Waals surface area contributed by atoms with Crippen LogP contribution in [-0.4, -0.2) is 36.7 Å². The van der Waals surface area contributed by atoms with Gasteiger partial charge in [-0.05, 0) is 43.3 Å². The molecule has 2 amide bonds.